The van der Waals surface area contributed by atoms with Crippen LogP contribution >= 0.6 is 0 Å². The summed E-state index contributed by atoms with van der Waals surface area (Å²) in [5.41, 5.74) is 1.82. The molecule has 0 atom stereocenters. The molecule has 2 aromatic carbocycles. The predicted molar refractivity (Wildman–Crippen MR) is 81.8 cm³/mol. The fourth-order valence-corrected chi connectivity index (χ4v) is 2.66. The van der Waals surface area contributed by atoms with Crippen molar-refractivity contribution in [2.75, 3.05) is 0 Å². The SMILES string of the molecule is C/C(=N\NS(=O)(=O)c1ccccc1)c1cc(C)ccc1O. The maximum atomic E-state index is 12.0. The molecule has 0 saturated heterocycles. The van der Waals surface area contributed by atoms with Crippen LogP contribution in [0.15, 0.2) is 58.5 Å². The van der Waals surface area contributed by atoms with Crippen LogP contribution in [-0.2, 0) is 10.0 Å². The second kappa shape index (κ2) is 5.97. The summed E-state index contributed by atoms with van der Waals surface area (Å²) in [4.78, 5) is 2.30. The number of aryl methyl sites for hydroxylation is 1. The number of hydrazone groups is 1. The van der Waals surface area contributed by atoms with Gasteiger partial charge in [-0.25, -0.2) is 0 Å². The lowest BCUT2D eigenvalue weighted by Crippen LogP contribution is -2.19. The lowest BCUT2D eigenvalue weighted by atomic mass is 10.1. The van der Waals surface area contributed by atoms with Crippen molar-refractivity contribution in [2.45, 2.75) is 18.7 Å². The van der Waals surface area contributed by atoms with Gasteiger partial charge in [0.1, 0.15) is 5.75 Å². The first-order valence-electron chi connectivity index (χ1n) is 6.31. The summed E-state index contributed by atoms with van der Waals surface area (Å²) in [6, 6.07) is 13.0. The van der Waals surface area contributed by atoms with Crippen molar-refractivity contribution in [3.63, 3.8) is 0 Å². The predicted octanol–water partition coefficient (Wildman–Crippen LogP) is 2.40. The van der Waals surface area contributed by atoms with Gasteiger partial charge in [0.25, 0.3) is 10.0 Å². The van der Waals surface area contributed by atoms with E-state index in [0.717, 1.165) is 5.56 Å². The Bertz CT molecular complexity index is 769. The fourth-order valence-electron chi connectivity index (χ4n) is 1.78. The zero-order valence-electron chi connectivity index (χ0n) is 11.7. The topological polar surface area (TPSA) is 78.8 Å². The lowest BCUT2D eigenvalue weighted by molar-refractivity contribution is 0.474. The zero-order valence-corrected chi connectivity index (χ0v) is 12.6. The molecule has 0 saturated carbocycles. The molecule has 0 spiro atoms. The standard InChI is InChI=1S/C15H16N2O3S/c1-11-8-9-15(18)14(10-11)12(2)16-17-21(19,20)13-6-4-3-5-7-13/h3-10,17-18H,1-2H3/b16-12+. The number of hydrogen-bond acceptors (Lipinski definition) is 4. The highest BCUT2D eigenvalue weighted by Gasteiger charge is 2.12. The molecule has 5 nitrogen and oxygen atoms in total. The van der Waals surface area contributed by atoms with Crippen LogP contribution in [0.5, 0.6) is 5.75 Å². The number of nitrogens with zero attached hydrogens (tertiary/aromatic N) is 1. The Hall–Kier alpha value is -2.34. The minimum absolute atomic E-state index is 0.0563. The highest BCUT2D eigenvalue weighted by Crippen LogP contribution is 2.19. The molecular formula is C15H16N2O3S. The van der Waals surface area contributed by atoms with Crippen molar-refractivity contribution in [1.29, 1.82) is 0 Å². The second-order valence-electron chi connectivity index (χ2n) is 4.63. The number of sulfonamides is 1. The van der Waals surface area contributed by atoms with E-state index in [4.69, 9.17) is 0 Å². The van der Waals surface area contributed by atoms with E-state index in [0.29, 0.717) is 11.3 Å². The number of phenolic OH excluding ortho intramolecular Hbond substituents is 1. The van der Waals surface area contributed by atoms with Crippen LogP contribution in [0, 0.1) is 6.92 Å². The molecule has 0 heterocycles. The normalized spacial score (nSPS) is 12.2. The number of rotatable bonds is 4. The van der Waals surface area contributed by atoms with Gasteiger partial charge in [-0.15, -0.1) is 0 Å². The van der Waals surface area contributed by atoms with Gasteiger partial charge < -0.3 is 5.11 Å². The molecule has 0 aliphatic carbocycles. The highest BCUT2D eigenvalue weighted by atomic mass is 32.2. The first-order valence-corrected chi connectivity index (χ1v) is 7.79. The summed E-state index contributed by atoms with van der Waals surface area (Å²) in [5, 5.41) is 13.7. The molecule has 110 valence electrons. The summed E-state index contributed by atoms with van der Waals surface area (Å²) in [7, 11) is -3.71. The maximum Gasteiger partial charge on any atom is 0.276 e. The molecule has 0 aliphatic heterocycles. The Morgan fingerprint density at radius 1 is 1.14 bits per heavy atom. The van der Waals surface area contributed by atoms with E-state index in [-0.39, 0.29) is 10.6 Å². The van der Waals surface area contributed by atoms with Crippen LogP contribution in [-0.4, -0.2) is 19.2 Å². The molecule has 0 aromatic heterocycles. The van der Waals surface area contributed by atoms with Crippen LogP contribution < -0.4 is 4.83 Å². The molecule has 2 aromatic rings. The van der Waals surface area contributed by atoms with Crippen molar-refractivity contribution in [1.82, 2.24) is 4.83 Å². The highest BCUT2D eigenvalue weighted by molar-refractivity contribution is 7.89. The van der Waals surface area contributed by atoms with E-state index in [1.165, 1.54) is 12.1 Å². The van der Waals surface area contributed by atoms with Crippen molar-refractivity contribution < 1.29 is 13.5 Å². The second-order valence-corrected chi connectivity index (χ2v) is 6.29. The van der Waals surface area contributed by atoms with Gasteiger partial charge in [-0.1, -0.05) is 29.8 Å². The summed E-state index contributed by atoms with van der Waals surface area (Å²) < 4.78 is 24.1. The third kappa shape index (κ3) is 3.61. The largest absolute Gasteiger partial charge is 0.507 e. The lowest BCUT2D eigenvalue weighted by Gasteiger charge is -2.07. The molecule has 0 amide bonds. The van der Waals surface area contributed by atoms with Gasteiger partial charge in [-0.3, -0.25) is 0 Å². The van der Waals surface area contributed by atoms with Gasteiger partial charge in [0.05, 0.1) is 10.6 Å². The molecule has 2 rings (SSSR count). The van der Waals surface area contributed by atoms with Crippen LogP contribution in [0.1, 0.15) is 18.1 Å². The number of nitrogens with one attached hydrogen (secondary N) is 1. The van der Waals surface area contributed by atoms with Crippen LogP contribution in [0.3, 0.4) is 0 Å². The van der Waals surface area contributed by atoms with Crippen molar-refractivity contribution in [3.05, 3.63) is 59.7 Å². The third-order valence-electron chi connectivity index (χ3n) is 2.93. The van der Waals surface area contributed by atoms with Crippen LogP contribution in [0.4, 0.5) is 0 Å². The van der Waals surface area contributed by atoms with E-state index in [9.17, 15) is 13.5 Å². The first kappa shape index (κ1) is 15.1. The fraction of sp³-hybridized carbons (Fsp3) is 0.133. The average molecular weight is 304 g/mol. The molecular weight excluding hydrogens is 288 g/mol. The van der Waals surface area contributed by atoms with Gasteiger partial charge in [-0.05, 0) is 38.1 Å². The molecule has 0 unspecified atom stereocenters. The van der Waals surface area contributed by atoms with Crippen molar-refractivity contribution in [3.8, 4) is 5.75 Å². The summed E-state index contributed by atoms with van der Waals surface area (Å²) in [6.45, 7) is 3.51. The van der Waals surface area contributed by atoms with E-state index in [2.05, 4.69) is 9.93 Å². The zero-order chi connectivity index (χ0) is 15.5. The molecule has 0 radical (unpaired) electrons. The van der Waals surface area contributed by atoms with E-state index < -0.39 is 10.0 Å². The van der Waals surface area contributed by atoms with Gasteiger partial charge in [0.2, 0.25) is 0 Å². The van der Waals surface area contributed by atoms with E-state index >= 15 is 0 Å². The Kier molecular flexibility index (Phi) is 4.28. The van der Waals surface area contributed by atoms with E-state index in [1.54, 1.807) is 43.3 Å². The van der Waals surface area contributed by atoms with Gasteiger partial charge in [0, 0.05) is 5.56 Å². The third-order valence-corrected chi connectivity index (χ3v) is 4.15. The summed E-state index contributed by atoms with van der Waals surface area (Å²) >= 11 is 0. The molecule has 0 aliphatic rings. The Labute approximate surface area is 124 Å². The Morgan fingerprint density at radius 2 is 1.81 bits per heavy atom. The monoisotopic (exact) mass is 304 g/mol. The number of phenols is 1. The number of aromatic hydroxyl groups is 1. The summed E-state index contributed by atoms with van der Waals surface area (Å²) in [5.74, 6) is 0.0563. The van der Waals surface area contributed by atoms with Gasteiger partial charge >= 0.3 is 0 Å². The smallest absolute Gasteiger partial charge is 0.276 e. The Morgan fingerprint density at radius 3 is 2.48 bits per heavy atom. The van der Waals surface area contributed by atoms with Gasteiger partial charge in [-0.2, -0.15) is 18.4 Å². The molecule has 6 heteroatoms. The Balaban J connectivity index is 2.27. The van der Waals surface area contributed by atoms with Crippen LogP contribution in [0.2, 0.25) is 0 Å². The molecule has 21 heavy (non-hydrogen) atoms. The van der Waals surface area contributed by atoms with Crippen molar-refractivity contribution >= 4 is 15.7 Å². The quantitative estimate of drug-likeness (QED) is 0.672. The van der Waals surface area contributed by atoms with E-state index in [1.807, 2.05) is 6.92 Å². The molecule has 2 N–H and O–H groups in total. The maximum absolute atomic E-state index is 12.0. The van der Waals surface area contributed by atoms with Gasteiger partial charge in [0.15, 0.2) is 0 Å². The number of benzene rings is 2. The summed E-state index contributed by atoms with van der Waals surface area (Å²) in [6.07, 6.45) is 0. The molecule has 0 fully saturated rings. The minimum Gasteiger partial charge on any atom is -0.507 e. The molecule has 0 bridgehead atoms. The number of hydrogen-bond donors (Lipinski definition) is 2. The van der Waals surface area contributed by atoms with Crippen molar-refractivity contribution in [2.24, 2.45) is 5.10 Å². The average Bonchev–Trinajstić information content (AvgIpc) is 2.48. The minimum atomic E-state index is -3.71. The first-order chi connectivity index (χ1) is 9.90. The van der Waals surface area contributed by atoms with Crippen LogP contribution in [0.25, 0.3) is 0 Å².